The van der Waals surface area contributed by atoms with E-state index in [-0.39, 0.29) is 5.82 Å². The van der Waals surface area contributed by atoms with Crippen LogP contribution in [0, 0.1) is 5.82 Å². The van der Waals surface area contributed by atoms with Crippen LogP contribution in [0.15, 0.2) is 30.5 Å². The highest BCUT2D eigenvalue weighted by Gasteiger charge is 2.04. The van der Waals surface area contributed by atoms with Gasteiger partial charge in [-0.25, -0.2) is 4.39 Å². The summed E-state index contributed by atoms with van der Waals surface area (Å²) in [4.78, 5) is 0. The lowest BCUT2D eigenvalue weighted by molar-refractivity contribution is 0.627. The molecule has 0 aliphatic heterocycles. The van der Waals surface area contributed by atoms with Gasteiger partial charge in [0.1, 0.15) is 5.82 Å². The SMILES string of the molecule is NCc1cn[nH]c1Cc1ccc(F)cc1. The molecule has 0 spiro atoms. The Labute approximate surface area is 87.1 Å². The topological polar surface area (TPSA) is 54.7 Å². The van der Waals surface area contributed by atoms with E-state index in [4.69, 9.17) is 5.73 Å². The van der Waals surface area contributed by atoms with Crippen molar-refractivity contribution in [2.75, 3.05) is 0 Å². The van der Waals surface area contributed by atoms with Gasteiger partial charge in [-0.1, -0.05) is 12.1 Å². The molecule has 0 radical (unpaired) electrons. The van der Waals surface area contributed by atoms with E-state index in [1.165, 1.54) is 12.1 Å². The Bertz CT molecular complexity index is 433. The summed E-state index contributed by atoms with van der Waals surface area (Å²) in [5.74, 6) is -0.220. The third-order valence-corrected chi connectivity index (χ3v) is 2.32. The average Bonchev–Trinajstić information content (AvgIpc) is 2.69. The first kappa shape index (κ1) is 9.86. The highest BCUT2D eigenvalue weighted by Crippen LogP contribution is 2.11. The first-order valence-electron chi connectivity index (χ1n) is 4.75. The predicted octanol–water partition coefficient (Wildman–Crippen LogP) is 1.60. The third-order valence-electron chi connectivity index (χ3n) is 2.32. The van der Waals surface area contributed by atoms with Crippen LogP contribution < -0.4 is 5.73 Å². The van der Waals surface area contributed by atoms with E-state index in [0.29, 0.717) is 13.0 Å². The van der Waals surface area contributed by atoms with Crippen LogP contribution in [0.25, 0.3) is 0 Å². The van der Waals surface area contributed by atoms with Crippen molar-refractivity contribution in [2.24, 2.45) is 5.73 Å². The van der Waals surface area contributed by atoms with E-state index in [1.807, 2.05) is 0 Å². The Morgan fingerprint density at radius 2 is 2.00 bits per heavy atom. The van der Waals surface area contributed by atoms with Crippen molar-refractivity contribution in [1.29, 1.82) is 0 Å². The summed E-state index contributed by atoms with van der Waals surface area (Å²) in [7, 11) is 0. The highest BCUT2D eigenvalue weighted by molar-refractivity contribution is 5.26. The summed E-state index contributed by atoms with van der Waals surface area (Å²) in [6, 6.07) is 6.43. The molecule has 0 saturated carbocycles. The number of nitrogens with zero attached hydrogens (tertiary/aromatic N) is 1. The second kappa shape index (κ2) is 4.23. The fourth-order valence-electron chi connectivity index (χ4n) is 1.47. The number of halogens is 1. The molecule has 0 unspecified atom stereocenters. The first-order chi connectivity index (χ1) is 7.29. The van der Waals surface area contributed by atoms with E-state index in [1.54, 1.807) is 18.3 Å². The Balaban J connectivity index is 2.18. The van der Waals surface area contributed by atoms with Crippen molar-refractivity contribution >= 4 is 0 Å². The molecule has 3 nitrogen and oxygen atoms in total. The van der Waals surface area contributed by atoms with Gasteiger partial charge in [0.05, 0.1) is 6.20 Å². The molecular formula is C11H12FN3. The molecule has 1 heterocycles. The second-order valence-electron chi connectivity index (χ2n) is 3.38. The molecule has 0 saturated heterocycles. The average molecular weight is 205 g/mol. The number of nitrogens with two attached hydrogens (primary N) is 1. The lowest BCUT2D eigenvalue weighted by atomic mass is 10.1. The van der Waals surface area contributed by atoms with Crippen LogP contribution in [0.3, 0.4) is 0 Å². The number of H-pyrrole nitrogens is 1. The van der Waals surface area contributed by atoms with Crippen molar-refractivity contribution in [3.63, 3.8) is 0 Å². The fourth-order valence-corrected chi connectivity index (χ4v) is 1.47. The summed E-state index contributed by atoms with van der Waals surface area (Å²) in [5, 5.41) is 6.82. The smallest absolute Gasteiger partial charge is 0.123 e. The molecule has 78 valence electrons. The molecule has 4 heteroatoms. The molecule has 0 aliphatic rings. The third kappa shape index (κ3) is 2.22. The molecular weight excluding hydrogens is 193 g/mol. The van der Waals surface area contributed by atoms with Crippen LogP contribution in [0.2, 0.25) is 0 Å². The quantitative estimate of drug-likeness (QED) is 0.799. The molecule has 3 N–H and O–H groups in total. The van der Waals surface area contributed by atoms with Crippen molar-refractivity contribution in [3.05, 3.63) is 53.1 Å². The number of aromatic nitrogens is 2. The predicted molar refractivity (Wildman–Crippen MR) is 55.7 cm³/mol. The van der Waals surface area contributed by atoms with E-state index >= 15 is 0 Å². The number of hydrogen-bond donors (Lipinski definition) is 2. The molecule has 0 aliphatic carbocycles. The number of nitrogens with one attached hydrogen (secondary N) is 1. The van der Waals surface area contributed by atoms with Crippen LogP contribution in [0.1, 0.15) is 16.8 Å². The summed E-state index contributed by atoms with van der Waals surface area (Å²) in [6.07, 6.45) is 2.42. The van der Waals surface area contributed by atoms with Crippen LogP contribution in [-0.2, 0) is 13.0 Å². The van der Waals surface area contributed by atoms with Crippen molar-refractivity contribution in [3.8, 4) is 0 Å². The number of rotatable bonds is 3. The maximum Gasteiger partial charge on any atom is 0.123 e. The lowest BCUT2D eigenvalue weighted by Gasteiger charge is -2.01. The molecule has 0 bridgehead atoms. The van der Waals surface area contributed by atoms with Crippen LogP contribution in [-0.4, -0.2) is 10.2 Å². The van der Waals surface area contributed by atoms with Gasteiger partial charge >= 0.3 is 0 Å². The number of aromatic amines is 1. The Morgan fingerprint density at radius 3 is 2.67 bits per heavy atom. The van der Waals surface area contributed by atoms with E-state index in [0.717, 1.165) is 16.8 Å². The molecule has 15 heavy (non-hydrogen) atoms. The van der Waals surface area contributed by atoms with Gasteiger partial charge in [-0.3, -0.25) is 5.10 Å². The van der Waals surface area contributed by atoms with Gasteiger partial charge in [0.2, 0.25) is 0 Å². The first-order valence-corrected chi connectivity index (χ1v) is 4.75. The maximum absolute atomic E-state index is 12.7. The maximum atomic E-state index is 12.7. The summed E-state index contributed by atoms with van der Waals surface area (Å²) in [5.41, 5.74) is 8.58. The van der Waals surface area contributed by atoms with Gasteiger partial charge in [-0.2, -0.15) is 5.10 Å². The Kier molecular flexibility index (Phi) is 2.78. The highest BCUT2D eigenvalue weighted by atomic mass is 19.1. The Morgan fingerprint density at radius 1 is 1.27 bits per heavy atom. The standard InChI is InChI=1S/C11H12FN3/c12-10-3-1-8(2-4-10)5-11-9(6-13)7-14-15-11/h1-4,7H,5-6,13H2,(H,14,15). The van der Waals surface area contributed by atoms with Gasteiger partial charge in [0, 0.05) is 24.2 Å². The monoisotopic (exact) mass is 205 g/mol. The number of benzene rings is 1. The number of hydrogen-bond acceptors (Lipinski definition) is 2. The molecule has 0 atom stereocenters. The van der Waals surface area contributed by atoms with Crippen molar-refractivity contribution in [1.82, 2.24) is 10.2 Å². The normalized spacial score (nSPS) is 10.5. The molecule has 1 aromatic carbocycles. The van der Waals surface area contributed by atoms with Gasteiger partial charge in [-0.05, 0) is 17.7 Å². The van der Waals surface area contributed by atoms with Crippen molar-refractivity contribution < 1.29 is 4.39 Å². The summed E-state index contributed by atoms with van der Waals surface area (Å²) in [6.45, 7) is 0.465. The van der Waals surface area contributed by atoms with Gasteiger partial charge in [0.25, 0.3) is 0 Å². The Hall–Kier alpha value is -1.68. The van der Waals surface area contributed by atoms with Crippen LogP contribution in [0.4, 0.5) is 4.39 Å². The minimum Gasteiger partial charge on any atom is -0.326 e. The van der Waals surface area contributed by atoms with Gasteiger partial charge < -0.3 is 5.73 Å². The van der Waals surface area contributed by atoms with Crippen LogP contribution >= 0.6 is 0 Å². The van der Waals surface area contributed by atoms with E-state index in [9.17, 15) is 4.39 Å². The van der Waals surface area contributed by atoms with E-state index < -0.39 is 0 Å². The molecule has 0 amide bonds. The molecule has 0 fully saturated rings. The van der Waals surface area contributed by atoms with Crippen molar-refractivity contribution in [2.45, 2.75) is 13.0 Å². The zero-order valence-corrected chi connectivity index (χ0v) is 8.20. The second-order valence-corrected chi connectivity index (χ2v) is 3.38. The lowest BCUT2D eigenvalue weighted by Crippen LogP contribution is -2.00. The molecule has 2 rings (SSSR count). The van der Waals surface area contributed by atoms with E-state index in [2.05, 4.69) is 10.2 Å². The summed E-state index contributed by atoms with van der Waals surface area (Å²) >= 11 is 0. The largest absolute Gasteiger partial charge is 0.326 e. The zero-order chi connectivity index (χ0) is 10.7. The fraction of sp³-hybridized carbons (Fsp3) is 0.182. The minimum atomic E-state index is -0.220. The zero-order valence-electron chi connectivity index (χ0n) is 8.20. The summed E-state index contributed by atoms with van der Waals surface area (Å²) < 4.78 is 12.7. The minimum absolute atomic E-state index is 0.220. The van der Waals surface area contributed by atoms with Gasteiger partial charge in [-0.15, -0.1) is 0 Å². The van der Waals surface area contributed by atoms with Crippen LogP contribution in [0.5, 0.6) is 0 Å². The molecule has 1 aromatic heterocycles. The molecule has 2 aromatic rings. The van der Waals surface area contributed by atoms with Gasteiger partial charge in [0.15, 0.2) is 0 Å².